The second-order valence-electron chi connectivity index (χ2n) is 12.8. The van der Waals surface area contributed by atoms with E-state index in [2.05, 4.69) is 34.6 Å². The Bertz CT molecular complexity index is 583. The molecule has 1 aliphatic heterocycles. The summed E-state index contributed by atoms with van der Waals surface area (Å²) >= 11 is 0. The van der Waals surface area contributed by atoms with Crippen LogP contribution in [0.15, 0.2) is 0 Å². The lowest BCUT2D eigenvalue weighted by Gasteiger charge is -2.60. The van der Waals surface area contributed by atoms with Crippen molar-refractivity contribution in [2.45, 2.75) is 117 Å². The maximum atomic E-state index is 6.82. The van der Waals surface area contributed by atoms with Crippen molar-refractivity contribution in [1.29, 1.82) is 0 Å². The molecule has 4 aliphatic carbocycles. The van der Waals surface area contributed by atoms with E-state index in [0.29, 0.717) is 23.0 Å². The van der Waals surface area contributed by atoms with Gasteiger partial charge in [0.05, 0.1) is 12.2 Å². The molecule has 0 N–H and O–H groups in total. The van der Waals surface area contributed by atoms with E-state index in [1.54, 1.807) is 0 Å². The molecule has 1 nitrogen and oxygen atoms in total. The van der Waals surface area contributed by atoms with Gasteiger partial charge in [-0.15, -0.1) is 0 Å². The van der Waals surface area contributed by atoms with Gasteiger partial charge in [-0.2, -0.15) is 0 Å². The van der Waals surface area contributed by atoms with Crippen molar-refractivity contribution in [3.8, 4) is 0 Å². The summed E-state index contributed by atoms with van der Waals surface area (Å²) in [5.74, 6) is 6.45. The molecule has 5 fully saturated rings. The maximum Gasteiger partial charge on any atom is 0.0618 e. The lowest BCUT2D eigenvalue weighted by Crippen LogP contribution is -2.53. The third-order valence-electron chi connectivity index (χ3n) is 11.2. The van der Waals surface area contributed by atoms with Crippen molar-refractivity contribution >= 4 is 0 Å². The summed E-state index contributed by atoms with van der Waals surface area (Å²) in [6.45, 7) is 12.7. The number of fused-ring (bicyclic) bond motifs is 7. The van der Waals surface area contributed by atoms with Gasteiger partial charge in [-0.25, -0.2) is 0 Å². The van der Waals surface area contributed by atoms with Crippen LogP contribution in [0.5, 0.6) is 0 Å². The molecular formula is C27H46O. The van der Waals surface area contributed by atoms with E-state index >= 15 is 0 Å². The topological polar surface area (TPSA) is 9.23 Å². The van der Waals surface area contributed by atoms with Gasteiger partial charge in [-0.3, -0.25) is 0 Å². The summed E-state index contributed by atoms with van der Waals surface area (Å²) in [5.41, 5.74) is 1.24. The van der Waals surface area contributed by atoms with Crippen LogP contribution < -0.4 is 0 Å². The SMILES string of the molecule is CC(C)CCC1O[C@H]2C[C@H]3[C@@H]4CC[C@@H]5CCCC[C@]5(C)[C@H]4CC[C@]3(C)[C@H]2[C@@H]1C. The first-order chi connectivity index (χ1) is 13.3. The molecule has 1 unspecified atom stereocenters. The van der Waals surface area contributed by atoms with Crippen molar-refractivity contribution in [3.05, 3.63) is 0 Å². The Morgan fingerprint density at radius 3 is 2.54 bits per heavy atom. The van der Waals surface area contributed by atoms with Crippen molar-refractivity contribution in [2.24, 2.45) is 52.3 Å². The van der Waals surface area contributed by atoms with Crippen molar-refractivity contribution in [3.63, 3.8) is 0 Å². The van der Waals surface area contributed by atoms with E-state index in [9.17, 15) is 0 Å². The van der Waals surface area contributed by atoms with E-state index in [1.807, 2.05) is 0 Å². The van der Waals surface area contributed by atoms with Crippen molar-refractivity contribution < 1.29 is 4.74 Å². The highest BCUT2D eigenvalue weighted by Gasteiger charge is 2.65. The fourth-order valence-electron chi connectivity index (χ4n) is 9.81. The van der Waals surface area contributed by atoms with Crippen LogP contribution in [0.25, 0.3) is 0 Å². The zero-order valence-corrected chi connectivity index (χ0v) is 19.4. The fourth-order valence-corrected chi connectivity index (χ4v) is 9.81. The van der Waals surface area contributed by atoms with Gasteiger partial charge in [0.15, 0.2) is 0 Å². The Morgan fingerprint density at radius 2 is 1.75 bits per heavy atom. The fraction of sp³-hybridized carbons (Fsp3) is 1.00. The van der Waals surface area contributed by atoms with Crippen LogP contribution in [0.3, 0.4) is 0 Å². The third-order valence-corrected chi connectivity index (χ3v) is 11.2. The molecule has 1 saturated heterocycles. The number of rotatable bonds is 3. The highest BCUT2D eigenvalue weighted by Crippen LogP contribution is 2.70. The minimum absolute atomic E-state index is 0.541. The zero-order valence-electron chi connectivity index (χ0n) is 19.4. The summed E-state index contributed by atoms with van der Waals surface area (Å²) in [5, 5.41) is 0. The number of hydrogen-bond donors (Lipinski definition) is 0. The predicted molar refractivity (Wildman–Crippen MR) is 117 cm³/mol. The monoisotopic (exact) mass is 386 g/mol. The molecular weight excluding hydrogens is 340 g/mol. The maximum absolute atomic E-state index is 6.82. The van der Waals surface area contributed by atoms with Crippen LogP contribution in [0.4, 0.5) is 0 Å². The summed E-state index contributed by atoms with van der Waals surface area (Å²) in [6.07, 6.45) is 17.3. The minimum atomic E-state index is 0.541. The zero-order chi connectivity index (χ0) is 19.7. The molecule has 0 radical (unpaired) electrons. The van der Waals surface area contributed by atoms with Crippen LogP contribution in [-0.2, 0) is 4.74 Å². The van der Waals surface area contributed by atoms with Crippen molar-refractivity contribution in [2.75, 3.05) is 0 Å². The molecule has 0 bridgehead atoms. The van der Waals surface area contributed by atoms with E-state index in [-0.39, 0.29) is 0 Å². The van der Waals surface area contributed by atoms with Gasteiger partial charge in [0.2, 0.25) is 0 Å². The highest BCUT2D eigenvalue weighted by molar-refractivity contribution is 5.13. The summed E-state index contributed by atoms with van der Waals surface area (Å²) in [4.78, 5) is 0. The van der Waals surface area contributed by atoms with Gasteiger partial charge in [0, 0.05) is 0 Å². The quantitative estimate of drug-likeness (QED) is 0.488. The molecule has 0 spiro atoms. The Morgan fingerprint density at radius 1 is 0.929 bits per heavy atom. The first-order valence-corrected chi connectivity index (χ1v) is 13.0. The van der Waals surface area contributed by atoms with Crippen LogP contribution in [0, 0.1) is 52.3 Å². The normalized spacial score (nSPS) is 55.5. The third kappa shape index (κ3) is 2.80. The second kappa shape index (κ2) is 7.00. The van der Waals surface area contributed by atoms with E-state index in [4.69, 9.17) is 4.74 Å². The molecule has 0 amide bonds. The molecule has 160 valence electrons. The molecule has 0 aromatic carbocycles. The van der Waals surface area contributed by atoms with Gasteiger partial charge in [-0.05, 0) is 110 Å². The molecule has 0 aromatic rings. The average molecular weight is 387 g/mol. The van der Waals surface area contributed by atoms with Gasteiger partial charge >= 0.3 is 0 Å². The molecule has 1 heterocycles. The predicted octanol–water partition coefficient (Wildman–Crippen LogP) is 7.49. The van der Waals surface area contributed by atoms with E-state index < -0.39 is 0 Å². The number of ether oxygens (including phenoxy) is 1. The van der Waals surface area contributed by atoms with Gasteiger partial charge in [0.1, 0.15) is 0 Å². The lowest BCUT2D eigenvalue weighted by atomic mass is 9.44. The van der Waals surface area contributed by atoms with Crippen LogP contribution in [-0.4, -0.2) is 12.2 Å². The Kier molecular flexibility index (Phi) is 4.97. The standard InChI is InChI=1S/C27H46O/c1-17(2)9-12-23-18(3)25-24(28-23)16-22-20-11-10-19-8-6-7-14-26(19,4)21(20)13-15-27(22,25)5/h17-25H,6-16H2,1-5H3/t18-,19+,20-,21+,22+,23?,24+,25+,26+,27+/m1/s1. The van der Waals surface area contributed by atoms with Gasteiger partial charge in [0.25, 0.3) is 0 Å². The molecule has 1 heteroatoms. The van der Waals surface area contributed by atoms with Crippen LogP contribution in [0.2, 0.25) is 0 Å². The Balaban J connectivity index is 1.35. The van der Waals surface area contributed by atoms with Gasteiger partial charge < -0.3 is 4.74 Å². The molecule has 28 heavy (non-hydrogen) atoms. The smallest absolute Gasteiger partial charge is 0.0618 e. The second-order valence-corrected chi connectivity index (χ2v) is 12.8. The highest BCUT2D eigenvalue weighted by atomic mass is 16.5. The summed E-state index contributed by atoms with van der Waals surface area (Å²) in [6, 6.07) is 0. The summed E-state index contributed by atoms with van der Waals surface area (Å²) in [7, 11) is 0. The summed E-state index contributed by atoms with van der Waals surface area (Å²) < 4.78 is 6.82. The lowest BCUT2D eigenvalue weighted by molar-refractivity contribution is -0.115. The van der Waals surface area contributed by atoms with Crippen molar-refractivity contribution in [1.82, 2.24) is 0 Å². The molecule has 0 aromatic heterocycles. The van der Waals surface area contributed by atoms with E-state index in [1.165, 1.54) is 70.6 Å². The molecule has 5 rings (SSSR count). The number of hydrogen-bond acceptors (Lipinski definition) is 1. The largest absolute Gasteiger partial charge is 0.374 e. The minimum Gasteiger partial charge on any atom is -0.374 e. The Hall–Kier alpha value is -0.0400. The molecule has 5 aliphatic rings. The van der Waals surface area contributed by atoms with E-state index in [0.717, 1.165) is 41.4 Å². The van der Waals surface area contributed by atoms with Crippen LogP contribution in [0.1, 0.15) is 105 Å². The van der Waals surface area contributed by atoms with Crippen LogP contribution >= 0.6 is 0 Å². The first-order valence-electron chi connectivity index (χ1n) is 13.0. The molecule has 4 saturated carbocycles. The average Bonchev–Trinajstić information content (AvgIpc) is 3.13. The first kappa shape index (κ1) is 19.9. The van der Waals surface area contributed by atoms with Gasteiger partial charge in [-0.1, -0.05) is 47.5 Å². The Labute approximate surface area is 174 Å². The molecule has 10 atom stereocenters.